The minimum Gasteiger partial charge on any atom is -0.394 e. The molecular weight excluding hydrogens is 304 g/mol. The highest BCUT2D eigenvalue weighted by molar-refractivity contribution is 8.15. The van der Waals surface area contributed by atoms with Crippen LogP contribution < -0.4 is 11.1 Å². The van der Waals surface area contributed by atoms with Crippen molar-refractivity contribution < 1.29 is 29.6 Å². The van der Waals surface area contributed by atoms with Gasteiger partial charge in [0.1, 0.15) is 23.6 Å². The van der Waals surface area contributed by atoms with E-state index in [-0.39, 0.29) is 5.96 Å². The van der Waals surface area contributed by atoms with E-state index in [0.29, 0.717) is 0 Å². The van der Waals surface area contributed by atoms with E-state index in [1.807, 2.05) is 0 Å². The summed E-state index contributed by atoms with van der Waals surface area (Å²) in [5.41, 5.74) is 5.48. The largest absolute Gasteiger partial charge is 0.394 e. The number of amides is 2. The van der Waals surface area contributed by atoms with Gasteiger partial charge in [-0.25, -0.2) is 4.99 Å². The number of carbonyl (C=O) groups is 2. The number of aliphatic imine (C=N–C) groups is 1. The standard InChI is InChI=1S/C10H14N4O6S/c11-9-12-6-5(7(18)13-9)21-10(19)14(6)8-4(17)3(16)2(1-15)20-8/h2-6,8,15-17H,1H2,(H3,11,12,13,18)/t2-,3+,4-,5?,6?,8?/m1/s1. The van der Waals surface area contributed by atoms with Gasteiger partial charge in [0.2, 0.25) is 5.91 Å². The van der Waals surface area contributed by atoms with Crippen molar-refractivity contribution in [3.63, 3.8) is 0 Å². The number of hydrogen-bond acceptors (Lipinski definition) is 9. The van der Waals surface area contributed by atoms with Gasteiger partial charge in [0, 0.05) is 0 Å². The number of fused-ring (bicyclic) bond motifs is 1. The minimum atomic E-state index is -1.41. The van der Waals surface area contributed by atoms with Gasteiger partial charge < -0.3 is 25.8 Å². The lowest BCUT2D eigenvalue weighted by Crippen LogP contribution is -2.56. The van der Waals surface area contributed by atoms with Crippen molar-refractivity contribution in [1.82, 2.24) is 10.2 Å². The van der Waals surface area contributed by atoms with E-state index in [1.54, 1.807) is 0 Å². The van der Waals surface area contributed by atoms with Crippen LogP contribution in [0.15, 0.2) is 4.99 Å². The molecule has 0 radical (unpaired) electrons. The molecule has 0 saturated carbocycles. The normalized spacial score (nSPS) is 42.8. The molecule has 6 atom stereocenters. The zero-order valence-electron chi connectivity index (χ0n) is 10.6. The van der Waals surface area contributed by atoms with Crippen LogP contribution in [-0.4, -0.2) is 79.9 Å². The molecule has 10 nitrogen and oxygen atoms in total. The van der Waals surface area contributed by atoms with Gasteiger partial charge >= 0.3 is 0 Å². The number of carbonyl (C=O) groups excluding carboxylic acids is 2. The van der Waals surface area contributed by atoms with Crippen LogP contribution in [0.3, 0.4) is 0 Å². The van der Waals surface area contributed by atoms with Crippen molar-refractivity contribution in [2.24, 2.45) is 10.7 Å². The summed E-state index contributed by atoms with van der Waals surface area (Å²) in [5.74, 6) is -0.589. The van der Waals surface area contributed by atoms with E-state index in [4.69, 9.17) is 15.6 Å². The molecular formula is C10H14N4O6S. The summed E-state index contributed by atoms with van der Waals surface area (Å²) in [4.78, 5) is 29.0. The van der Waals surface area contributed by atoms with Gasteiger partial charge in [-0.05, 0) is 11.8 Å². The second kappa shape index (κ2) is 5.10. The topological polar surface area (TPSA) is 158 Å². The number of aliphatic hydroxyl groups is 3. The highest BCUT2D eigenvalue weighted by Gasteiger charge is 2.55. The first-order valence-electron chi connectivity index (χ1n) is 6.19. The molecule has 3 rings (SSSR count). The summed E-state index contributed by atoms with van der Waals surface area (Å²) >= 11 is 0.744. The van der Waals surface area contributed by atoms with Gasteiger partial charge in [-0.15, -0.1) is 0 Å². The number of hydrogen-bond donors (Lipinski definition) is 5. The maximum atomic E-state index is 12.1. The maximum Gasteiger partial charge on any atom is 0.286 e. The highest BCUT2D eigenvalue weighted by atomic mass is 32.2. The molecule has 3 aliphatic rings. The van der Waals surface area contributed by atoms with Crippen LogP contribution >= 0.6 is 11.8 Å². The lowest BCUT2D eigenvalue weighted by Gasteiger charge is -2.32. The number of guanidine groups is 1. The third-order valence-electron chi connectivity index (χ3n) is 3.57. The predicted molar refractivity (Wildman–Crippen MR) is 69.9 cm³/mol. The quantitative estimate of drug-likeness (QED) is 0.355. The van der Waals surface area contributed by atoms with Crippen LogP contribution in [-0.2, 0) is 9.53 Å². The van der Waals surface area contributed by atoms with Gasteiger partial charge in [-0.2, -0.15) is 0 Å². The molecule has 0 aromatic rings. The van der Waals surface area contributed by atoms with Crippen LogP contribution in [0.4, 0.5) is 4.79 Å². The fourth-order valence-electron chi connectivity index (χ4n) is 2.54. The SMILES string of the molecule is NC1=NC2C(SC(=O)N2C2O[C@H](CO)[C@H](O)[C@H]2O)C(=O)N1. The Morgan fingerprint density at radius 2 is 2.10 bits per heavy atom. The first-order valence-corrected chi connectivity index (χ1v) is 7.07. The van der Waals surface area contributed by atoms with Crippen molar-refractivity contribution in [1.29, 1.82) is 0 Å². The minimum absolute atomic E-state index is 0.131. The van der Waals surface area contributed by atoms with E-state index in [0.717, 1.165) is 16.7 Å². The molecule has 3 heterocycles. The van der Waals surface area contributed by atoms with Crippen LogP contribution in [0.2, 0.25) is 0 Å². The Bertz CT molecular complexity index is 516. The van der Waals surface area contributed by atoms with E-state index >= 15 is 0 Å². The van der Waals surface area contributed by atoms with Gasteiger partial charge in [0.25, 0.3) is 5.24 Å². The molecule has 2 fully saturated rings. The Labute approximate surface area is 122 Å². The molecule has 0 aromatic heterocycles. The molecule has 3 aliphatic heterocycles. The van der Waals surface area contributed by atoms with E-state index in [9.17, 15) is 19.8 Å². The number of thioether (sulfide) groups is 1. The van der Waals surface area contributed by atoms with Crippen molar-refractivity contribution >= 4 is 28.9 Å². The number of ether oxygens (including phenoxy) is 1. The fourth-order valence-corrected chi connectivity index (χ4v) is 3.57. The zero-order chi connectivity index (χ0) is 15.3. The molecule has 2 amide bonds. The molecule has 11 heteroatoms. The van der Waals surface area contributed by atoms with Crippen molar-refractivity contribution in [3.8, 4) is 0 Å². The lowest BCUT2D eigenvalue weighted by atomic mass is 10.1. The van der Waals surface area contributed by atoms with Crippen molar-refractivity contribution in [3.05, 3.63) is 0 Å². The number of aliphatic hydroxyl groups excluding tert-OH is 3. The number of rotatable bonds is 2. The van der Waals surface area contributed by atoms with E-state index in [1.165, 1.54) is 0 Å². The fraction of sp³-hybridized carbons (Fsp3) is 0.700. The van der Waals surface area contributed by atoms with Gasteiger partial charge in [-0.1, -0.05) is 0 Å². The van der Waals surface area contributed by atoms with Crippen LogP contribution in [0.25, 0.3) is 0 Å². The Morgan fingerprint density at radius 3 is 2.71 bits per heavy atom. The first kappa shape index (κ1) is 14.5. The van der Waals surface area contributed by atoms with E-state index in [2.05, 4.69) is 10.3 Å². The Hall–Kier alpha value is -1.40. The van der Waals surface area contributed by atoms with Crippen LogP contribution in [0, 0.1) is 0 Å². The molecule has 116 valence electrons. The Morgan fingerprint density at radius 1 is 1.38 bits per heavy atom. The highest BCUT2D eigenvalue weighted by Crippen LogP contribution is 2.38. The monoisotopic (exact) mass is 318 g/mol. The third-order valence-corrected chi connectivity index (χ3v) is 4.69. The smallest absolute Gasteiger partial charge is 0.286 e. The average molecular weight is 318 g/mol. The number of nitrogens with two attached hydrogens (primary N) is 1. The molecule has 0 aromatic carbocycles. The molecule has 21 heavy (non-hydrogen) atoms. The molecule has 0 bridgehead atoms. The summed E-state index contributed by atoms with van der Waals surface area (Å²) in [6.45, 7) is -0.510. The number of nitrogens with zero attached hydrogens (tertiary/aromatic N) is 2. The summed E-state index contributed by atoms with van der Waals surface area (Å²) < 4.78 is 5.31. The zero-order valence-corrected chi connectivity index (χ0v) is 11.4. The first-order chi connectivity index (χ1) is 9.93. The summed E-state index contributed by atoms with van der Waals surface area (Å²) in [7, 11) is 0. The summed E-state index contributed by atoms with van der Waals surface area (Å²) in [5, 5.41) is 29.8. The summed E-state index contributed by atoms with van der Waals surface area (Å²) in [6.07, 6.45) is -5.88. The second-order valence-electron chi connectivity index (χ2n) is 4.86. The molecule has 0 spiro atoms. The third kappa shape index (κ3) is 2.17. The summed E-state index contributed by atoms with van der Waals surface area (Å²) in [6, 6.07) is 0. The molecule has 3 unspecified atom stereocenters. The van der Waals surface area contributed by atoms with E-state index < -0.39 is 53.7 Å². The van der Waals surface area contributed by atoms with Crippen molar-refractivity contribution in [2.45, 2.75) is 36.0 Å². The molecule has 0 aliphatic carbocycles. The van der Waals surface area contributed by atoms with Crippen LogP contribution in [0.5, 0.6) is 0 Å². The molecule has 2 saturated heterocycles. The Balaban J connectivity index is 1.89. The van der Waals surface area contributed by atoms with Crippen LogP contribution in [0.1, 0.15) is 0 Å². The number of nitrogens with one attached hydrogen (secondary N) is 1. The second-order valence-corrected chi connectivity index (χ2v) is 5.95. The predicted octanol–water partition coefficient (Wildman–Crippen LogP) is -3.27. The lowest BCUT2D eigenvalue weighted by molar-refractivity contribution is -0.122. The van der Waals surface area contributed by atoms with Crippen molar-refractivity contribution in [2.75, 3.05) is 6.61 Å². The average Bonchev–Trinajstić information content (AvgIpc) is 2.89. The molecule has 6 N–H and O–H groups in total. The van der Waals surface area contributed by atoms with Gasteiger partial charge in [0.05, 0.1) is 6.61 Å². The maximum absolute atomic E-state index is 12.1. The van der Waals surface area contributed by atoms with Gasteiger partial charge in [0.15, 0.2) is 18.4 Å². The van der Waals surface area contributed by atoms with Gasteiger partial charge in [-0.3, -0.25) is 19.8 Å². The Kier molecular flexibility index (Phi) is 3.53.